The van der Waals surface area contributed by atoms with E-state index in [1.807, 2.05) is 19.9 Å². The van der Waals surface area contributed by atoms with Gasteiger partial charge in [0.25, 0.3) is 0 Å². The van der Waals surface area contributed by atoms with Gasteiger partial charge in [-0.1, -0.05) is 0 Å². The summed E-state index contributed by atoms with van der Waals surface area (Å²) in [6, 6.07) is 4.17. The molecule has 1 aliphatic heterocycles. The largest absolute Gasteiger partial charge is 0.396 e. The highest BCUT2D eigenvalue weighted by Crippen LogP contribution is 2.27. The Labute approximate surface area is 102 Å². The third-order valence-electron chi connectivity index (χ3n) is 3.28. The van der Waals surface area contributed by atoms with Crippen molar-refractivity contribution in [3.8, 4) is 6.07 Å². The number of anilines is 1. The third kappa shape index (κ3) is 2.25. The average molecular weight is 231 g/mol. The van der Waals surface area contributed by atoms with Crippen molar-refractivity contribution in [2.75, 3.05) is 24.6 Å². The molecule has 1 aromatic heterocycles. The normalized spacial score (nSPS) is 19.4. The van der Waals surface area contributed by atoms with Crippen LogP contribution in [0.4, 0.5) is 5.82 Å². The number of hydrogen-bond acceptors (Lipinski definition) is 4. The number of hydrogen-bond donors (Lipinski definition) is 1. The Bertz CT molecular complexity index is 464. The number of aliphatic hydroxyl groups is 1. The van der Waals surface area contributed by atoms with Crippen LogP contribution in [0.15, 0.2) is 6.07 Å². The van der Waals surface area contributed by atoms with E-state index in [1.54, 1.807) is 0 Å². The van der Waals surface area contributed by atoms with Gasteiger partial charge in [-0.15, -0.1) is 0 Å². The summed E-state index contributed by atoms with van der Waals surface area (Å²) in [7, 11) is 0. The fourth-order valence-corrected chi connectivity index (χ4v) is 2.36. The second kappa shape index (κ2) is 4.72. The van der Waals surface area contributed by atoms with Gasteiger partial charge in [0.2, 0.25) is 0 Å². The van der Waals surface area contributed by atoms with Crippen LogP contribution in [0.3, 0.4) is 0 Å². The van der Waals surface area contributed by atoms with Gasteiger partial charge in [-0.2, -0.15) is 5.26 Å². The molecule has 1 fully saturated rings. The fourth-order valence-electron chi connectivity index (χ4n) is 2.36. The smallest absolute Gasteiger partial charge is 0.147 e. The maximum atomic E-state index is 9.21. The van der Waals surface area contributed by atoms with Crippen molar-refractivity contribution in [1.82, 2.24) is 4.98 Å². The molecule has 0 aliphatic carbocycles. The molecule has 2 rings (SSSR count). The molecule has 0 saturated carbocycles. The lowest BCUT2D eigenvalue weighted by atomic mass is 10.1. The molecular weight excluding hydrogens is 214 g/mol. The molecule has 1 unspecified atom stereocenters. The van der Waals surface area contributed by atoms with Gasteiger partial charge in [-0.05, 0) is 31.9 Å². The van der Waals surface area contributed by atoms with Crippen molar-refractivity contribution in [2.45, 2.75) is 20.3 Å². The summed E-state index contributed by atoms with van der Waals surface area (Å²) in [5, 5.41) is 18.4. The summed E-state index contributed by atoms with van der Waals surface area (Å²) in [4.78, 5) is 6.59. The predicted octanol–water partition coefficient (Wildman–Crippen LogP) is 1.39. The first kappa shape index (κ1) is 11.9. The van der Waals surface area contributed by atoms with Gasteiger partial charge in [-0.3, -0.25) is 0 Å². The van der Waals surface area contributed by atoms with Crippen molar-refractivity contribution in [2.24, 2.45) is 5.92 Å². The number of rotatable bonds is 2. The van der Waals surface area contributed by atoms with Gasteiger partial charge >= 0.3 is 0 Å². The quantitative estimate of drug-likeness (QED) is 0.835. The lowest BCUT2D eigenvalue weighted by Gasteiger charge is -2.20. The van der Waals surface area contributed by atoms with E-state index in [0.29, 0.717) is 11.5 Å². The van der Waals surface area contributed by atoms with E-state index in [9.17, 15) is 5.26 Å². The third-order valence-corrected chi connectivity index (χ3v) is 3.28. The molecule has 0 aromatic carbocycles. The predicted molar refractivity (Wildman–Crippen MR) is 65.8 cm³/mol. The second-order valence-electron chi connectivity index (χ2n) is 4.67. The molecule has 4 heteroatoms. The van der Waals surface area contributed by atoms with E-state index >= 15 is 0 Å². The number of nitrogens with zero attached hydrogens (tertiary/aromatic N) is 3. The molecule has 2 heterocycles. The van der Waals surface area contributed by atoms with E-state index in [1.165, 1.54) is 0 Å². The van der Waals surface area contributed by atoms with E-state index in [-0.39, 0.29) is 6.61 Å². The highest BCUT2D eigenvalue weighted by atomic mass is 16.3. The fraction of sp³-hybridized carbons (Fsp3) is 0.538. The van der Waals surface area contributed by atoms with Crippen LogP contribution in [0.5, 0.6) is 0 Å². The number of aromatic nitrogens is 1. The van der Waals surface area contributed by atoms with Gasteiger partial charge < -0.3 is 10.0 Å². The van der Waals surface area contributed by atoms with Gasteiger partial charge in [0, 0.05) is 31.3 Å². The van der Waals surface area contributed by atoms with E-state index in [4.69, 9.17) is 5.11 Å². The molecule has 0 spiro atoms. The summed E-state index contributed by atoms with van der Waals surface area (Å²) < 4.78 is 0. The van der Waals surface area contributed by atoms with Crippen molar-refractivity contribution < 1.29 is 5.11 Å². The zero-order chi connectivity index (χ0) is 12.4. The summed E-state index contributed by atoms with van der Waals surface area (Å²) in [5.41, 5.74) is 2.57. The van der Waals surface area contributed by atoms with Gasteiger partial charge in [0.05, 0.1) is 5.56 Å². The molecule has 1 aromatic rings. The number of pyridine rings is 1. The maximum absolute atomic E-state index is 9.21. The van der Waals surface area contributed by atoms with E-state index in [0.717, 1.165) is 36.6 Å². The molecule has 1 N–H and O–H groups in total. The zero-order valence-corrected chi connectivity index (χ0v) is 10.3. The van der Waals surface area contributed by atoms with Crippen LogP contribution >= 0.6 is 0 Å². The minimum absolute atomic E-state index is 0.211. The Hall–Kier alpha value is -1.60. The Balaban J connectivity index is 2.36. The van der Waals surface area contributed by atoms with Crippen molar-refractivity contribution in [1.29, 1.82) is 5.26 Å². The molecule has 0 bridgehead atoms. The molecule has 17 heavy (non-hydrogen) atoms. The van der Waals surface area contributed by atoms with Crippen molar-refractivity contribution >= 4 is 5.82 Å². The van der Waals surface area contributed by atoms with Gasteiger partial charge in [0.1, 0.15) is 11.9 Å². The lowest BCUT2D eigenvalue weighted by molar-refractivity contribution is 0.238. The first-order valence-corrected chi connectivity index (χ1v) is 5.90. The number of aryl methyl sites for hydroxylation is 2. The Morgan fingerprint density at radius 1 is 1.59 bits per heavy atom. The summed E-state index contributed by atoms with van der Waals surface area (Å²) in [6.07, 6.45) is 0.968. The van der Waals surface area contributed by atoms with E-state index in [2.05, 4.69) is 16.0 Å². The molecule has 0 radical (unpaired) electrons. The van der Waals surface area contributed by atoms with Crippen LogP contribution in [-0.4, -0.2) is 29.8 Å². The topological polar surface area (TPSA) is 60.2 Å². The Morgan fingerprint density at radius 2 is 2.35 bits per heavy atom. The van der Waals surface area contributed by atoms with Crippen LogP contribution in [0, 0.1) is 31.1 Å². The second-order valence-corrected chi connectivity index (χ2v) is 4.67. The summed E-state index contributed by atoms with van der Waals surface area (Å²) in [6.45, 7) is 5.76. The lowest BCUT2D eigenvalue weighted by Crippen LogP contribution is -2.23. The number of aliphatic hydroxyl groups excluding tert-OH is 1. The SMILES string of the molecule is Cc1cc(C)c(C#N)c(N2CCC(CO)C2)n1. The zero-order valence-electron chi connectivity index (χ0n) is 10.3. The van der Waals surface area contributed by atoms with Crippen LogP contribution in [0.25, 0.3) is 0 Å². The Kier molecular flexibility index (Phi) is 3.30. The maximum Gasteiger partial charge on any atom is 0.147 e. The summed E-state index contributed by atoms with van der Waals surface area (Å²) in [5.74, 6) is 1.09. The monoisotopic (exact) mass is 231 g/mol. The Morgan fingerprint density at radius 3 is 2.94 bits per heavy atom. The van der Waals surface area contributed by atoms with E-state index < -0.39 is 0 Å². The van der Waals surface area contributed by atoms with Crippen LogP contribution in [-0.2, 0) is 0 Å². The van der Waals surface area contributed by atoms with Crippen molar-refractivity contribution in [3.05, 3.63) is 22.9 Å². The minimum Gasteiger partial charge on any atom is -0.396 e. The molecule has 90 valence electrons. The molecule has 0 amide bonds. The first-order chi connectivity index (χ1) is 8.15. The molecule has 1 aliphatic rings. The van der Waals surface area contributed by atoms with Crippen LogP contribution in [0.1, 0.15) is 23.2 Å². The summed E-state index contributed by atoms with van der Waals surface area (Å²) >= 11 is 0. The first-order valence-electron chi connectivity index (χ1n) is 5.90. The van der Waals surface area contributed by atoms with Crippen molar-refractivity contribution in [3.63, 3.8) is 0 Å². The van der Waals surface area contributed by atoms with Gasteiger partial charge in [-0.25, -0.2) is 4.98 Å². The molecule has 1 atom stereocenters. The highest BCUT2D eigenvalue weighted by Gasteiger charge is 2.25. The van der Waals surface area contributed by atoms with Crippen LogP contribution in [0.2, 0.25) is 0 Å². The average Bonchev–Trinajstić information content (AvgIpc) is 2.76. The standard InChI is InChI=1S/C13H17N3O/c1-9-5-10(2)15-13(12(9)6-14)16-4-3-11(7-16)8-17/h5,11,17H,3-4,7-8H2,1-2H3. The van der Waals surface area contributed by atoms with Gasteiger partial charge in [0.15, 0.2) is 0 Å². The highest BCUT2D eigenvalue weighted by molar-refractivity contribution is 5.58. The molecule has 1 saturated heterocycles. The van der Waals surface area contributed by atoms with Crippen LogP contribution < -0.4 is 4.90 Å². The minimum atomic E-state index is 0.211. The molecule has 4 nitrogen and oxygen atoms in total. The molecular formula is C13H17N3O. The number of nitriles is 1.